The van der Waals surface area contributed by atoms with Crippen molar-refractivity contribution >= 4 is 0 Å². The minimum absolute atomic E-state index is 0.223. The Kier molecular flexibility index (Phi) is 7.09. The van der Waals surface area contributed by atoms with Crippen molar-refractivity contribution in [1.82, 2.24) is 0 Å². The van der Waals surface area contributed by atoms with Gasteiger partial charge < -0.3 is 0 Å². The third-order valence-electron chi connectivity index (χ3n) is 6.37. The summed E-state index contributed by atoms with van der Waals surface area (Å²) in [4.78, 5) is 0. The maximum atomic E-state index is 13.6. The van der Waals surface area contributed by atoms with Crippen LogP contribution in [-0.2, 0) is 6.42 Å². The zero-order valence-corrected chi connectivity index (χ0v) is 18.9. The summed E-state index contributed by atoms with van der Waals surface area (Å²) in [6.07, 6.45) is 6.68. The molecule has 0 heterocycles. The summed E-state index contributed by atoms with van der Waals surface area (Å²) in [5, 5.41) is 0. The summed E-state index contributed by atoms with van der Waals surface area (Å²) in [6.45, 7) is 4.12. The van der Waals surface area contributed by atoms with E-state index in [4.69, 9.17) is 0 Å². The zero-order chi connectivity index (χ0) is 22.3. The highest BCUT2D eigenvalue weighted by Gasteiger charge is 2.18. The van der Waals surface area contributed by atoms with Gasteiger partial charge in [0, 0.05) is 22.3 Å². The highest BCUT2D eigenvalue weighted by atomic mass is 19.1. The second-order valence-electron chi connectivity index (χ2n) is 9.07. The fourth-order valence-corrected chi connectivity index (χ4v) is 4.19. The van der Waals surface area contributed by atoms with Gasteiger partial charge in [0.15, 0.2) is 0 Å². The zero-order valence-electron chi connectivity index (χ0n) is 18.9. The first-order chi connectivity index (χ1) is 15.5. The molecule has 1 aliphatic rings. The molecule has 0 amide bonds. The van der Waals surface area contributed by atoms with Gasteiger partial charge in [0.25, 0.3) is 0 Å². The van der Waals surface area contributed by atoms with E-state index in [0.29, 0.717) is 11.1 Å². The van der Waals surface area contributed by atoms with E-state index in [9.17, 15) is 4.39 Å². The number of hydrogen-bond donors (Lipinski definition) is 0. The Hall–Kier alpha value is -3.29. The average molecular weight is 421 g/mol. The molecular formula is C31H29F. The largest absolute Gasteiger partial charge is 0.207 e. The quantitative estimate of drug-likeness (QED) is 0.382. The maximum absolute atomic E-state index is 13.6. The molecule has 1 heteroatoms. The Morgan fingerprint density at radius 3 is 1.69 bits per heavy atom. The van der Waals surface area contributed by atoms with Crippen LogP contribution in [0.4, 0.5) is 4.39 Å². The minimum Gasteiger partial charge on any atom is -0.207 e. The van der Waals surface area contributed by atoms with Crippen LogP contribution < -0.4 is 0 Å². The molecule has 0 unspecified atom stereocenters. The summed E-state index contributed by atoms with van der Waals surface area (Å²) in [5.74, 6) is 14.1. The van der Waals surface area contributed by atoms with Crippen molar-refractivity contribution in [2.24, 2.45) is 11.8 Å². The molecule has 3 aromatic carbocycles. The first-order valence-electron chi connectivity index (χ1n) is 11.5. The van der Waals surface area contributed by atoms with E-state index in [1.807, 2.05) is 30.3 Å². The number of hydrogen-bond acceptors (Lipinski definition) is 0. The Morgan fingerprint density at radius 2 is 1.16 bits per heavy atom. The Morgan fingerprint density at radius 1 is 0.688 bits per heavy atom. The molecule has 0 N–H and O–H groups in total. The van der Waals surface area contributed by atoms with Crippen molar-refractivity contribution in [2.75, 3.05) is 0 Å². The Balaban J connectivity index is 1.35. The van der Waals surface area contributed by atoms with Crippen LogP contribution in [0.15, 0.2) is 66.7 Å². The predicted molar refractivity (Wildman–Crippen MR) is 131 cm³/mol. The molecule has 160 valence electrons. The Labute approximate surface area is 191 Å². The topological polar surface area (TPSA) is 0 Å². The van der Waals surface area contributed by atoms with E-state index < -0.39 is 0 Å². The van der Waals surface area contributed by atoms with Gasteiger partial charge in [-0.3, -0.25) is 0 Å². The SMILES string of the molecule is Cc1ccc(C#Cc2ccc(C#Cc3ccc(CC4CCC(C)CC4)cc3)cc2)cc1F. The van der Waals surface area contributed by atoms with Crippen molar-refractivity contribution < 1.29 is 4.39 Å². The van der Waals surface area contributed by atoms with Gasteiger partial charge >= 0.3 is 0 Å². The van der Waals surface area contributed by atoms with Gasteiger partial charge in [0.05, 0.1) is 0 Å². The first kappa shape index (κ1) is 21.9. The lowest BCUT2D eigenvalue weighted by Gasteiger charge is -2.26. The maximum Gasteiger partial charge on any atom is 0.127 e. The lowest BCUT2D eigenvalue weighted by atomic mass is 9.80. The van der Waals surface area contributed by atoms with Gasteiger partial charge in [-0.1, -0.05) is 61.6 Å². The molecule has 0 atom stereocenters. The van der Waals surface area contributed by atoms with Gasteiger partial charge in [0.1, 0.15) is 5.82 Å². The lowest BCUT2D eigenvalue weighted by molar-refractivity contribution is 0.289. The highest BCUT2D eigenvalue weighted by molar-refractivity contribution is 5.48. The normalized spacial score (nSPS) is 17.6. The van der Waals surface area contributed by atoms with E-state index in [1.54, 1.807) is 13.0 Å². The third-order valence-corrected chi connectivity index (χ3v) is 6.37. The smallest absolute Gasteiger partial charge is 0.127 e. The molecular weight excluding hydrogens is 391 g/mol. The van der Waals surface area contributed by atoms with Crippen LogP contribution in [0.1, 0.15) is 66.0 Å². The van der Waals surface area contributed by atoms with Crippen LogP contribution in [0.5, 0.6) is 0 Å². The van der Waals surface area contributed by atoms with E-state index >= 15 is 0 Å². The second kappa shape index (κ2) is 10.3. The van der Waals surface area contributed by atoms with Crippen LogP contribution in [0, 0.1) is 48.3 Å². The molecule has 0 nitrogen and oxygen atoms in total. The highest BCUT2D eigenvalue weighted by Crippen LogP contribution is 2.30. The fourth-order valence-electron chi connectivity index (χ4n) is 4.19. The van der Waals surface area contributed by atoms with Gasteiger partial charge in [-0.2, -0.15) is 0 Å². The number of halogens is 1. The summed E-state index contributed by atoms with van der Waals surface area (Å²) < 4.78 is 13.6. The van der Waals surface area contributed by atoms with Gasteiger partial charge in [0.2, 0.25) is 0 Å². The van der Waals surface area contributed by atoms with Crippen LogP contribution in [0.2, 0.25) is 0 Å². The van der Waals surface area contributed by atoms with E-state index in [2.05, 4.69) is 54.9 Å². The van der Waals surface area contributed by atoms with Crippen LogP contribution in [0.25, 0.3) is 0 Å². The number of aryl methyl sites for hydroxylation is 1. The number of rotatable bonds is 2. The van der Waals surface area contributed by atoms with E-state index in [1.165, 1.54) is 43.7 Å². The van der Waals surface area contributed by atoms with Crippen molar-refractivity contribution in [3.8, 4) is 23.7 Å². The summed E-state index contributed by atoms with van der Waals surface area (Å²) >= 11 is 0. The van der Waals surface area contributed by atoms with Gasteiger partial charge in [-0.25, -0.2) is 4.39 Å². The average Bonchev–Trinajstić information content (AvgIpc) is 2.81. The van der Waals surface area contributed by atoms with Gasteiger partial charge in [-0.15, -0.1) is 0 Å². The van der Waals surface area contributed by atoms with Crippen molar-refractivity contribution in [3.63, 3.8) is 0 Å². The molecule has 0 radical (unpaired) electrons. The summed E-state index contributed by atoms with van der Waals surface area (Å²) in [5.41, 5.74) is 5.61. The molecule has 1 saturated carbocycles. The molecule has 3 aromatic rings. The van der Waals surface area contributed by atoms with Gasteiger partial charge in [-0.05, 0) is 97.7 Å². The molecule has 1 fully saturated rings. The van der Waals surface area contributed by atoms with E-state index in [0.717, 1.165) is 28.5 Å². The van der Waals surface area contributed by atoms with Crippen molar-refractivity contribution in [1.29, 1.82) is 0 Å². The molecule has 0 bridgehead atoms. The molecule has 1 aliphatic carbocycles. The standard InChI is InChI=1S/C31H29F/c1-23-3-6-28(7-4-23)21-29-18-15-27(16-19-29)14-11-25-9-12-26(13-10-25)17-20-30-8-5-24(2)31(32)22-30/h5,8-10,12-13,15-16,18-19,22-23,28H,3-4,6-7,21H2,1-2H3. The van der Waals surface area contributed by atoms with E-state index in [-0.39, 0.29) is 5.82 Å². The number of benzene rings is 3. The van der Waals surface area contributed by atoms with Crippen molar-refractivity contribution in [3.05, 3.63) is 106 Å². The summed E-state index contributed by atoms with van der Waals surface area (Å²) in [7, 11) is 0. The molecule has 0 aliphatic heterocycles. The molecule has 32 heavy (non-hydrogen) atoms. The third kappa shape index (κ3) is 6.12. The Bertz CT molecular complexity index is 1170. The molecule has 0 saturated heterocycles. The van der Waals surface area contributed by atoms with Crippen LogP contribution in [0.3, 0.4) is 0 Å². The fraction of sp³-hybridized carbons (Fsp3) is 0.290. The molecule has 0 aromatic heterocycles. The van der Waals surface area contributed by atoms with Crippen LogP contribution in [-0.4, -0.2) is 0 Å². The molecule has 4 rings (SSSR count). The lowest BCUT2D eigenvalue weighted by Crippen LogP contribution is -2.14. The second-order valence-corrected chi connectivity index (χ2v) is 9.07. The van der Waals surface area contributed by atoms with Crippen molar-refractivity contribution in [2.45, 2.75) is 46.0 Å². The minimum atomic E-state index is -0.223. The first-order valence-corrected chi connectivity index (χ1v) is 11.5. The predicted octanol–water partition coefficient (Wildman–Crippen LogP) is 7.30. The van der Waals surface area contributed by atoms with Crippen LogP contribution >= 0.6 is 0 Å². The molecule has 0 spiro atoms. The summed E-state index contributed by atoms with van der Waals surface area (Å²) in [6, 6.07) is 21.7. The monoisotopic (exact) mass is 420 g/mol.